The number of hydrogen-bond donors (Lipinski definition) is 0. The number of allylic oxidation sites excluding steroid dienone is 2. The fraction of sp³-hybridized carbons (Fsp3) is 0.778. The molecule has 3 aliphatic carbocycles. The first kappa shape index (κ1) is 13.5. The molecule has 0 amide bonds. The molecule has 5 aliphatic rings. The summed E-state index contributed by atoms with van der Waals surface area (Å²) in [6, 6.07) is 2.23. The molecule has 3 nitrogen and oxygen atoms in total. The van der Waals surface area contributed by atoms with E-state index in [0.29, 0.717) is 12.8 Å². The molecule has 6 atom stereocenters. The van der Waals surface area contributed by atoms with Crippen LogP contribution in [0.5, 0.6) is 0 Å². The molecule has 2 saturated heterocycles. The van der Waals surface area contributed by atoms with E-state index in [9.17, 15) is 4.79 Å². The maximum atomic E-state index is 12.6. The molecule has 112 valence electrons. The second-order valence-electron chi connectivity index (χ2n) is 8.66. The van der Waals surface area contributed by atoms with Gasteiger partial charge in [-0.3, -0.25) is 4.79 Å². The predicted molar refractivity (Wildman–Crippen MR) is 78.3 cm³/mol. The van der Waals surface area contributed by atoms with Crippen molar-refractivity contribution in [3.05, 3.63) is 12.2 Å². The van der Waals surface area contributed by atoms with Gasteiger partial charge in [0.1, 0.15) is 0 Å². The molecule has 0 aromatic carbocycles. The quantitative estimate of drug-likeness (QED) is 0.781. The first-order chi connectivity index (χ1) is 9.77. The number of ketones is 1. The smallest absolute Gasteiger partial charge is 0.161 e. The molecule has 2 aliphatic heterocycles. The third-order valence-electron chi connectivity index (χ3n) is 6.81. The Bertz CT molecular complexity index is 601. The van der Waals surface area contributed by atoms with Gasteiger partial charge in [-0.15, -0.1) is 0 Å². The van der Waals surface area contributed by atoms with Crippen LogP contribution >= 0.6 is 0 Å². The van der Waals surface area contributed by atoms with Gasteiger partial charge in [0.25, 0.3) is 0 Å². The van der Waals surface area contributed by atoms with Crippen LogP contribution in [-0.2, 0) is 9.53 Å². The monoisotopic (exact) mass is 285 g/mol. The lowest BCUT2D eigenvalue weighted by atomic mass is 9.53. The van der Waals surface area contributed by atoms with Crippen molar-refractivity contribution >= 4 is 5.78 Å². The van der Waals surface area contributed by atoms with Gasteiger partial charge in [0.05, 0.1) is 17.8 Å². The fourth-order valence-electron chi connectivity index (χ4n) is 6.58. The van der Waals surface area contributed by atoms with Gasteiger partial charge in [0, 0.05) is 17.8 Å². The van der Waals surface area contributed by atoms with E-state index in [1.54, 1.807) is 0 Å². The van der Waals surface area contributed by atoms with Crippen LogP contribution in [0.25, 0.3) is 0 Å². The minimum Gasteiger partial charge on any atom is -0.371 e. The van der Waals surface area contributed by atoms with Gasteiger partial charge >= 0.3 is 0 Å². The minimum atomic E-state index is -0.432. The zero-order valence-electron chi connectivity index (χ0n) is 13.1. The van der Waals surface area contributed by atoms with Crippen LogP contribution in [0.2, 0.25) is 0 Å². The van der Waals surface area contributed by atoms with Crippen molar-refractivity contribution in [1.29, 1.82) is 5.26 Å². The second kappa shape index (κ2) is 3.60. The maximum Gasteiger partial charge on any atom is 0.161 e. The molecule has 2 saturated carbocycles. The summed E-state index contributed by atoms with van der Waals surface area (Å²) in [6.45, 7) is 6.65. The van der Waals surface area contributed by atoms with Crippen molar-refractivity contribution in [3.63, 3.8) is 0 Å². The molecular weight excluding hydrogens is 262 g/mol. The Morgan fingerprint density at radius 3 is 2.81 bits per heavy atom. The topological polar surface area (TPSA) is 50.1 Å². The van der Waals surface area contributed by atoms with E-state index in [4.69, 9.17) is 10.00 Å². The first-order valence-corrected chi connectivity index (χ1v) is 8.06. The van der Waals surface area contributed by atoms with Crippen LogP contribution in [0.4, 0.5) is 0 Å². The molecule has 5 rings (SSSR count). The zero-order valence-corrected chi connectivity index (χ0v) is 13.1. The molecule has 1 spiro atoms. The zero-order chi connectivity index (χ0) is 15.1. The average Bonchev–Trinajstić information content (AvgIpc) is 2.69. The highest BCUT2D eigenvalue weighted by Crippen LogP contribution is 2.75. The van der Waals surface area contributed by atoms with E-state index in [2.05, 4.69) is 32.9 Å². The molecule has 2 heterocycles. The number of ether oxygens (including phenoxy) is 1. The largest absolute Gasteiger partial charge is 0.371 e. The minimum absolute atomic E-state index is 0.0188. The highest BCUT2D eigenvalue weighted by Gasteiger charge is 2.75. The van der Waals surface area contributed by atoms with Crippen LogP contribution in [-0.4, -0.2) is 17.5 Å². The normalized spacial score (nSPS) is 56.6. The van der Waals surface area contributed by atoms with E-state index in [-0.39, 0.29) is 34.2 Å². The van der Waals surface area contributed by atoms with Gasteiger partial charge in [-0.25, -0.2) is 0 Å². The van der Waals surface area contributed by atoms with Crippen LogP contribution in [0.1, 0.15) is 52.9 Å². The van der Waals surface area contributed by atoms with Crippen molar-refractivity contribution in [2.75, 3.05) is 0 Å². The SMILES string of the molecule is CC12CC3(C)CC4(C=CC(=O)[C@@](C)(CCC#N)C4C3O1)C2. The molecule has 0 aromatic heterocycles. The van der Waals surface area contributed by atoms with Crippen molar-refractivity contribution in [2.24, 2.45) is 22.2 Å². The summed E-state index contributed by atoms with van der Waals surface area (Å²) in [6.07, 6.45) is 8.57. The molecule has 4 bridgehead atoms. The van der Waals surface area contributed by atoms with Crippen molar-refractivity contribution in [3.8, 4) is 6.07 Å². The summed E-state index contributed by atoms with van der Waals surface area (Å²) in [5, 5.41) is 8.98. The van der Waals surface area contributed by atoms with Crippen LogP contribution in [0, 0.1) is 33.5 Å². The summed E-state index contributed by atoms with van der Waals surface area (Å²) in [4.78, 5) is 12.6. The lowest BCUT2D eigenvalue weighted by molar-refractivity contribution is -0.169. The fourth-order valence-corrected chi connectivity index (χ4v) is 6.58. The molecule has 3 heteroatoms. The molecule has 5 unspecified atom stereocenters. The summed E-state index contributed by atoms with van der Waals surface area (Å²) in [7, 11) is 0. The molecule has 4 fully saturated rings. The van der Waals surface area contributed by atoms with Gasteiger partial charge in [0.2, 0.25) is 0 Å². The Morgan fingerprint density at radius 2 is 2.10 bits per heavy atom. The van der Waals surface area contributed by atoms with E-state index >= 15 is 0 Å². The molecule has 0 N–H and O–H groups in total. The molecular formula is C18H23NO2. The van der Waals surface area contributed by atoms with Crippen LogP contribution in [0.3, 0.4) is 0 Å². The molecule has 21 heavy (non-hydrogen) atoms. The Kier molecular flexibility index (Phi) is 2.32. The van der Waals surface area contributed by atoms with Crippen molar-refractivity contribution in [1.82, 2.24) is 0 Å². The van der Waals surface area contributed by atoms with Crippen molar-refractivity contribution < 1.29 is 9.53 Å². The number of nitrogens with zero attached hydrogens (tertiary/aromatic N) is 1. The standard InChI is InChI=1S/C18H23NO2/c1-15-9-16(2)11-18(10-15)7-5-12(20)17(3,6-4-8-19)13(18)14(15)21-16/h5,7,13-14H,4,6,9-11H2,1-3H3/t13?,14?,15?,16?,17-,18?/m1/s1. The van der Waals surface area contributed by atoms with E-state index in [0.717, 1.165) is 19.3 Å². The Morgan fingerprint density at radius 1 is 1.33 bits per heavy atom. The molecule has 0 radical (unpaired) electrons. The number of nitriles is 1. The van der Waals surface area contributed by atoms with Gasteiger partial charge in [0.15, 0.2) is 5.78 Å². The summed E-state index contributed by atoms with van der Waals surface area (Å²) in [5.74, 6) is 0.443. The summed E-state index contributed by atoms with van der Waals surface area (Å²) < 4.78 is 6.46. The lowest BCUT2D eigenvalue weighted by Crippen LogP contribution is -2.55. The number of carbonyl (C=O) groups is 1. The highest BCUT2D eigenvalue weighted by molar-refractivity contribution is 5.96. The lowest BCUT2D eigenvalue weighted by Gasteiger charge is -2.54. The van der Waals surface area contributed by atoms with Crippen molar-refractivity contribution in [2.45, 2.75) is 64.6 Å². The summed E-state index contributed by atoms with van der Waals surface area (Å²) in [5.41, 5.74) is -0.142. The Balaban J connectivity index is 1.84. The van der Waals surface area contributed by atoms with E-state index in [1.807, 2.05) is 6.08 Å². The first-order valence-electron chi connectivity index (χ1n) is 8.06. The second-order valence-corrected chi connectivity index (χ2v) is 8.66. The van der Waals surface area contributed by atoms with Gasteiger partial charge in [-0.1, -0.05) is 19.9 Å². The number of hydrogen-bond acceptors (Lipinski definition) is 3. The number of carbonyl (C=O) groups excluding carboxylic acids is 1. The summed E-state index contributed by atoms with van der Waals surface area (Å²) >= 11 is 0. The highest BCUT2D eigenvalue weighted by atomic mass is 16.5. The third-order valence-corrected chi connectivity index (χ3v) is 6.81. The number of rotatable bonds is 2. The van der Waals surface area contributed by atoms with Gasteiger partial charge in [-0.2, -0.15) is 5.26 Å². The van der Waals surface area contributed by atoms with Crippen LogP contribution in [0.15, 0.2) is 12.2 Å². The van der Waals surface area contributed by atoms with Gasteiger partial charge < -0.3 is 4.74 Å². The predicted octanol–water partition coefficient (Wildman–Crippen LogP) is 3.40. The van der Waals surface area contributed by atoms with E-state index < -0.39 is 5.41 Å². The van der Waals surface area contributed by atoms with Gasteiger partial charge in [-0.05, 0) is 49.5 Å². The maximum absolute atomic E-state index is 12.6. The third kappa shape index (κ3) is 1.45. The van der Waals surface area contributed by atoms with Crippen LogP contribution < -0.4 is 0 Å². The Hall–Kier alpha value is -1.14. The van der Waals surface area contributed by atoms with E-state index in [1.165, 1.54) is 0 Å². The Labute approximate surface area is 126 Å². The molecule has 0 aromatic rings. The average molecular weight is 285 g/mol.